The predicted octanol–water partition coefficient (Wildman–Crippen LogP) is 3.14. The van der Waals surface area contributed by atoms with Crippen LogP contribution in [0.3, 0.4) is 0 Å². The molecule has 0 radical (unpaired) electrons. The molecule has 1 N–H and O–H groups in total. The summed E-state index contributed by atoms with van der Waals surface area (Å²) in [6.07, 6.45) is 6.08. The van der Waals surface area contributed by atoms with Crippen molar-refractivity contribution in [2.24, 2.45) is 16.7 Å². The van der Waals surface area contributed by atoms with Gasteiger partial charge >= 0.3 is 0 Å². The first kappa shape index (κ1) is 10.2. The molecule has 0 aliphatic heterocycles. The van der Waals surface area contributed by atoms with Gasteiger partial charge in [-0.1, -0.05) is 26.0 Å². The predicted molar refractivity (Wildman–Crippen MR) is 59.0 cm³/mol. The molecule has 0 aromatic carbocycles. The number of aliphatic hydroxyl groups excluding tert-OH is 1. The van der Waals surface area contributed by atoms with Crippen molar-refractivity contribution >= 4 is 0 Å². The molecule has 80 valence electrons. The number of aliphatic hydroxyl groups is 1. The molecule has 2 rings (SSSR count). The summed E-state index contributed by atoms with van der Waals surface area (Å²) >= 11 is 0. The largest absolute Gasteiger partial charge is 0.395 e. The molecular formula is C13H22O. The normalized spacial score (nSPS) is 47.9. The van der Waals surface area contributed by atoms with E-state index in [9.17, 15) is 5.11 Å². The Morgan fingerprint density at radius 1 is 1.50 bits per heavy atom. The molecule has 14 heavy (non-hydrogen) atoms. The van der Waals surface area contributed by atoms with Gasteiger partial charge in [0.15, 0.2) is 0 Å². The Bertz CT molecular complexity index is 258. The molecule has 0 bridgehead atoms. The lowest BCUT2D eigenvalue weighted by molar-refractivity contribution is 0.00390. The van der Waals surface area contributed by atoms with Gasteiger partial charge in [-0.2, -0.15) is 0 Å². The Morgan fingerprint density at radius 3 is 2.79 bits per heavy atom. The van der Waals surface area contributed by atoms with E-state index in [0.29, 0.717) is 12.0 Å². The van der Waals surface area contributed by atoms with E-state index in [4.69, 9.17) is 0 Å². The second-order valence-electron chi connectivity index (χ2n) is 5.55. The SMILES string of the molecule is C=C1CCCC2(C)C(C)CCC12CO. The summed E-state index contributed by atoms with van der Waals surface area (Å²) in [6, 6.07) is 0. The summed E-state index contributed by atoms with van der Waals surface area (Å²) in [4.78, 5) is 0. The second-order valence-corrected chi connectivity index (χ2v) is 5.55. The van der Waals surface area contributed by atoms with Crippen molar-refractivity contribution in [3.8, 4) is 0 Å². The maximum atomic E-state index is 9.74. The zero-order valence-corrected chi connectivity index (χ0v) is 9.47. The molecule has 2 aliphatic rings. The monoisotopic (exact) mass is 194 g/mol. The molecule has 0 amide bonds. The molecule has 0 aromatic heterocycles. The third-order valence-corrected chi connectivity index (χ3v) is 5.31. The first-order valence-corrected chi connectivity index (χ1v) is 5.86. The highest BCUT2D eigenvalue weighted by Crippen LogP contribution is 2.64. The summed E-state index contributed by atoms with van der Waals surface area (Å²) in [7, 11) is 0. The third kappa shape index (κ3) is 0.995. The van der Waals surface area contributed by atoms with E-state index in [2.05, 4.69) is 20.4 Å². The lowest BCUT2D eigenvalue weighted by Crippen LogP contribution is -2.45. The van der Waals surface area contributed by atoms with Crippen LogP contribution in [0.15, 0.2) is 12.2 Å². The van der Waals surface area contributed by atoms with Crippen LogP contribution in [0.1, 0.15) is 46.0 Å². The summed E-state index contributed by atoms with van der Waals surface area (Å²) in [5.74, 6) is 0.742. The van der Waals surface area contributed by atoms with Crippen LogP contribution in [0.5, 0.6) is 0 Å². The first-order chi connectivity index (χ1) is 6.57. The van der Waals surface area contributed by atoms with Crippen LogP contribution >= 0.6 is 0 Å². The van der Waals surface area contributed by atoms with E-state index in [1.54, 1.807) is 0 Å². The highest BCUT2D eigenvalue weighted by Gasteiger charge is 2.57. The highest BCUT2D eigenvalue weighted by atomic mass is 16.3. The van der Waals surface area contributed by atoms with Gasteiger partial charge in [0.2, 0.25) is 0 Å². The standard InChI is InChI=1S/C13H22O/c1-10-6-8-13(9-14)11(2)5-4-7-12(10,13)3/h10,14H,2,4-9H2,1,3H3. The summed E-state index contributed by atoms with van der Waals surface area (Å²) in [5.41, 5.74) is 1.69. The van der Waals surface area contributed by atoms with E-state index >= 15 is 0 Å². The van der Waals surface area contributed by atoms with Crippen molar-refractivity contribution in [3.05, 3.63) is 12.2 Å². The summed E-state index contributed by atoms with van der Waals surface area (Å²) in [6.45, 7) is 9.24. The van der Waals surface area contributed by atoms with Crippen LogP contribution in [0, 0.1) is 16.7 Å². The van der Waals surface area contributed by atoms with E-state index < -0.39 is 0 Å². The zero-order chi connectivity index (χ0) is 10.4. The number of rotatable bonds is 1. The van der Waals surface area contributed by atoms with Crippen molar-refractivity contribution in [2.45, 2.75) is 46.0 Å². The molecule has 0 heterocycles. The second kappa shape index (κ2) is 3.10. The van der Waals surface area contributed by atoms with Crippen LogP contribution in [0.2, 0.25) is 0 Å². The molecule has 3 atom stereocenters. The van der Waals surface area contributed by atoms with Crippen LogP contribution in [0.25, 0.3) is 0 Å². The van der Waals surface area contributed by atoms with E-state index in [1.807, 2.05) is 0 Å². The minimum Gasteiger partial charge on any atom is -0.395 e. The van der Waals surface area contributed by atoms with Gasteiger partial charge in [0.25, 0.3) is 0 Å². The number of hydrogen-bond acceptors (Lipinski definition) is 1. The van der Waals surface area contributed by atoms with E-state index in [-0.39, 0.29) is 5.41 Å². The molecule has 2 saturated carbocycles. The highest BCUT2D eigenvalue weighted by molar-refractivity contribution is 5.23. The molecule has 0 spiro atoms. The Morgan fingerprint density at radius 2 is 2.21 bits per heavy atom. The van der Waals surface area contributed by atoms with E-state index in [1.165, 1.54) is 24.8 Å². The fraction of sp³-hybridized carbons (Fsp3) is 0.846. The molecular weight excluding hydrogens is 172 g/mol. The van der Waals surface area contributed by atoms with Gasteiger partial charge in [0, 0.05) is 5.41 Å². The molecule has 1 heteroatoms. The summed E-state index contributed by atoms with van der Waals surface area (Å²) in [5, 5.41) is 9.74. The first-order valence-electron chi connectivity index (χ1n) is 5.86. The smallest absolute Gasteiger partial charge is 0.0529 e. The fourth-order valence-electron chi connectivity index (χ4n) is 3.88. The van der Waals surface area contributed by atoms with Crippen molar-refractivity contribution in [1.82, 2.24) is 0 Å². The zero-order valence-electron chi connectivity index (χ0n) is 9.47. The molecule has 0 aromatic rings. The third-order valence-electron chi connectivity index (χ3n) is 5.31. The van der Waals surface area contributed by atoms with Gasteiger partial charge < -0.3 is 5.11 Å². The van der Waals surface area contributed by atoms with Gasteiger partial charge in [-0.05, 0) is 43.4 Å². The van der Waals surface area contributed by atoms with Crippen molar-refractivity contribution < 1.29 is 5.11 Å². The Kier molecular flexibility index (Phi) is 2.26. The van der Waals surface area contributed by atoms with Gasteiger partial charge in [0.05, 0.1) is 6.61 Å². The molecule has 0 saturated heterocycles. The number of hydrogen-bond donors (Lipinski definition) is 1. The Labute approximate surface area is 87.2 Å². The fourth-order valence-corrected chi connectivity index (χ4v) is 3.88. The lowest BCUT2D eigenvalue weighted by Gasteiger charge is -2.50. The quantitative estimate of drug-likeness (QED) is 0.636. The average Bonchev–Trinajstić information content (AvgIpc) is 2.42. The molecule has 1 nitrogen and oxygen atoms in total. The van der Waals surface area contributed by atoms with Gasteiger partial charge in [-0.3, -0.25) is 0 Å². The lowest BCUT2D eigenvalue weighted by atomic mass is 9.55. The Hall–Kier alpha value is -0.300. The average molecular weight is 194 g/mol. The topological polar surface area (TPSA) is 20.2 Å². The molecule has 3 unspecified atom stereocenters. The van der Waals surface area contributed by atoms with Crippen LogP contribution < -0.4 is 0 Å². The van der Waals surface area contributed by atoms with Gasteiger partial charge in [0.1, 0.15) is 0 Å². The van der Waals surface area contributed by atoms with Gasteiger partial charge in [-0.25, -0.2) is 0 Å². The van der Waals surface area contributed by atoms with Crippen molar-refractivity contribution in [1.29, 1.82) is 0 Å². The van der Waals surface area contributed by atoms with Gasteiger partial charge in [-0.15, -0.1) is 0 Å². The minimum absolute atomic E-state index is 0.0602. The van der Waals surface area contributed by atoms with Crippen LogP contribution in [0.4, 0.5) is 0 Å². The number of fused-ring (bicyclic) bond motifs is 1. The van der Waals surface area contributed by atoms with E-state index in [0.717, 1.165) is 18.8 Å². The maximum absolute atomic E-state index is 9.74. The van der Waals surface area contributed by atoms with Crippen molar-refractivity contribution in [2.75, 3.05) is 6.61 Å². The molecule has 2 fully saturated rings. The Balaban J connectivity index is 2.42. The molecule has 2 aliphatic carbocycles. The van der Waals surface area contributed by atoms with Crippen LogP contribution in [-0.4, -0.2) is 11.7 Å². The maximum Gasteiger partial charge on any atom is 0.0529 e. The summed E-state index contributed by atoms with van der Waals surface area (Å²) < 4.78 is 0. The van der Waals surface area contributed by atoms with Crippen molar-refractivity contribution in [3.63, 3.8) is 0 Å². The van der Waals surface area contributed by atoms with Crippen LogP contribution in [-0.2, 0) is 0 Å². The minimum atomic E-state index is 0.0602.